The van der Waals surface area contributed by atoms with Crippen molar-refractivity contribution >= 4 is 29.0 Å². The van der Waals surface area contributed by atoms with Crippen LogP contribution in [-0.2, 0) is 4.79 Å². The zero-order chi connectivity index (χ0) is 18.5. The SMILES string of the molecule is CN1CCCCC1C(=O)Oc1ccccc1/N=N/c1ccc(N)nc1N. The van der Waals surface area contributed by atoms with Gasteiger partial charge in [-0.15, -0.1) is 10.2 Å². The monoisotopic (exact) mass is 354 g/mol. The van der Waals surface area contributed by atoms with Gasteiger partial charge in [0, 0.05) is 0 Å². The molecule has 2 heterocycles. The van der Waals surface area contributed by atoms with Gasteiger partial charge in [0.2, 0.25) is 0 Å². The minimum Gasteiger partial charge on any atom is -0.423 e. The Morgan fingerprint density at radius 3 is 2.69 bits per heavy atom. The lowest BCUT2D eigenvalue weighted by atomic mass is 10.0. The summed E-state index contributed by atoms with van der Waals surface area (Å²) in [7, 11) is 1.94. The Hall–Kier alpha value is -3.00. The van der Waals surface area contributed by atoms with Crippen LogP contribution in [0.4, 0.5) is 23.0 Å². The molecule has 4 N–H and O–H groups in total. The van der Waals surface area contributed by atoms with Crippen molar-refractivity contribution in [3.63, 3.8) is 0 Å². The molecule has 0 bridgehead atoms. The second-order valence-corrected chi connectivity index (χ2v) is 6.22. The fraction of sp³-hybridized carbons (Fsp3) is 0.333. The molecular formula is C18H22N6O2. The standard InChI is InChI=1S/C18H22N6O2/c1-24-11-5-4-7-14(24)18(25)26-15-8-3-2-6-12(15)22-23-13-9-10-16(19)21-17(13)20/h2-3,6,8-10,14H,4-5,7,11H2,1H3,(H4,19,20,21)/b23-22+. The van der Waals surface area contributed by atoms with Crippen LogP contribution in [0.3, 0.4) is 0 Å². The minimum atomic E-state index is -0.275. The number of nitrogen functional groups attached to an aromatic ring is 2. The van der Waals surface area contributed by atoms with Crippen LogP contribution in [-0.4, -0.2) is 35.5 Å². The lowest BCUT2D eigenvalue weighted by Gasteiger charge is -2.30. The van der Waals surface area contributed by atoms with Crippen molar-refractivity contribution in [3.05, 3.63) is 36.4 Å². The molecule has 3 rings (SSSR count). The number of anilines is 2. The van der Waals surface area contributed by atoms with E-state index in [-0.39, 0.29) is 17.8 Å². The second-order valence-electron chi connectivity index (χ2n) is 6.22. The van der Waals surface area contributed by atoms with E-state index in [1.54, 1.807) is 36.4 Å². The smallest absolute Gasteiger partial charge is 0.328 e. The number of benzene rings is 1. The molecule has 2 aromatic rings. The Morgan fingerprint density at radius 2 is 1.92 bits per heavy atom. The number of likely N-dealkylation sites (tertiary alicyclic amines) is 1. The molecule has 1 unspecified atom stereocenters. The first-order valence-electron chi connectivity index (χ1n) is 8.49. The number of carbonyl (C=O) groups is 1. The topological polar surface area (TPSA) is 119 Å². The van der Waals surface area contributed by atoms with E-state index in [0.717, 1.165) is 25.8 Å². The van der Waals surface area contributed by atoms with Crippen LogP contribution in [0.25, 0.3) is 0 Å². The lowest BCUT2D eigenvalue weighted by Crippen LogP contribution is -2.44. The van der Waals surface area contributed by atoms with Crippen molar-refractivity contribution in [2.24, 2.45) is 10.2 Å². The molecule has 136 valence electrons. The highest BCUT2D eigenvalue weighted by Gasteiger charge is 2.28. The van der Waals surface area contributed by atoms with Crippen molar-refractivity contribution in [3.8, 4) is 5.75 Å². The number of pyridine rings is 1. The summed E-state index contributed by atoms with van der Waals surface area (Å²) in [6, 6.07) is 9.99. The molecule has 26 heavy (non-hydrogen) atoms. The maximum atomic E-state index is 12.5. The van der Waals surface area contributed by atoms with Crippen LogP contribution < -0.4 is 16.2 Å². The number of carbonyl (C=O) groups excluding carboxylic acids is 1. The number of nitrogens with zero attached hydrogens (tertiary/aromatic N) is 4. The third-order valence-electron chi connectivity index (χ3n) is 4.31. The van der Waals surface area contributed by atoms with E-state index in [4.69, 9.17) is 16.2 Å². The molecule has 1 aliphatic rings. The van der Waals surface area contributed by atoms with Crippen LogP contribution in [0.5, 0.6) is 5.75 Å². The predicted octanol–water partition coefficient (Wildman–Crippen LogP) is 3.05. The highest BCUT2D eigenvalue weighted by molar-refractivity contribution is 5.79. The first-order valence-corrected chi connectivity index (χ1v) is 8.49. The van der Waals surface area contributed by atoms with Crippen molar-refractivity contribution in [1.82, 2.24) is 9.88 Å². The van der Waals surface area contributed by atoms with Crippen LogP contribution in [0.1, 0.15) is 19.3 Å². The summed E-state index contributed by atoms with van der Waals surface area (Å²) >= 11 is 0. The van der Waals surface area contributed by atoms with E-state index in [2.05, 4.69) is 15.2 Å². The quantitative estimate of drug-likeness (QED) is 0.495. The van der Waals surface area contributed by atoms with E-state index in [1.807, 2.05) is 11.9 Å². The lowest BCUT2D eigenvalue weighted by molar-refractivity contribution is -0.141. The van der Waals surface area contributed by atoms with Gasteiger partial charge in [-0.05, 0) is 50.7 Å². The van der Waals surface area contributed by atoms with Crippen LogP contribution in [0.15, 0.2) is 46.6 Å². The Morgan fingerprint density at radius 1 is 1.15 bits per heavy atom. The number of hydrogen-bond acceptors (Lipinski definition) is 8. The first-order chi connectivity index (χ1) is 12.5. The zero-order valence-electron chi connectivity index (χ0n) is 14.6. The van der Waals surface area contributed by atoms with Crippen molar-refractivity contribution in [2.75, 3.05) is 25.1 Å². The van der Waals surface area contributed by atoms with Gasteiger partial charge in [0.1, 0.15) is 23.2 Å². The molecule has 0 saturated carbocycles. The number of nitrogens with two attached hydrogens (primary N) is 2. The molecule has 1 aromatic carbocycles. The number of azo groups is 1. The Kier molecular flexibility index (Phi) is 5.43. The third kappa shape index (κ3) is 4.15. The van der Waals surface area contributed by atoms with Crippen molar-refractivity contribution in [2.45, 2.75) is 25.3 Å². The summed E-state index contributed by atoms with van der Waals surface area (Å²) in [5, 5.41) is 8.25. The van der Waals surface area contributed by atoms with Gasteiger partial charge in [-0.1, -0.05) is 18.6 Å². The van der Waals surface area contributed by atoms with Crippen molar-refractivity contribution in [1.29, 1.82) is 0 Å². The second kappa shape index (κ2) is 7.92. The number of ether oxygens (including phenoxy) is 1. The molecule has 8 heteroatoms. The minimum absolute atomic E-state index is 0.187. The molecule has 0 radical (unpaired) electrons. The average molecular weight is 354 g/mol. The van der Waals surface area contributed by atoms with E-state index < -0.39 is 0 Å². The van der Waals surface area contributed by atoms with Gasteiger partial charge in [-0.2, -0.15) is 0 Å². The normalized spacial score (nSPS) is 18.1. The van der Waals surface area contributed by atoms with E-state index in [0.29, 0.717) is 22.9 Å². The third-order valence-corrected chi connectivity index (χ3v) is 4.31. The zero-order valence-corrected chi connectivity index (χ0v) is 14.6. The summed E-state index contributed by atoms with van der Waals surface area (Å²) in [6.45, 7) is 0.893. The number of piperidine rings is 1. The molecule has 1 atom stereocenters. The Balaban J connectivity index is 1.77. The number of likely N-dealkylation sites (N-methyl/N-ethyl adjacent to an activating group) is 1. The highest BCUT2D eigenvalue weighted by Crippen LogP contribution is 2.31. The Labute approximate surface area is 151 Å². The largest absolute Gasteiger partial charge is 0.423 e. The molecule has 1 aromatic heterocycles. The number of aromatic nitrogens is 1. The number of para-hydroxylation sites is 1. The van der Waals surface area contributed by atoms with Gasteiger partial charge in [0.15, 0.2) is 11.6 Å². The van der Waals surface area contributed by atoms with E-state index in [9.17, 15) is 4.79 Å². The predicted molar refractivity (Wildman–Crippen MR) is 99.6 cm³/mol. The van der Waals surface area contributed by atoms with Gasteiger partial charge in [0.25, 0.3) is 0 Å². The molecule has 1 aliphatic heterocycles. The van der Waals surface area contributed by atoms with Gasteiger partial charge < -0.3 is 16.2 Å². The molecule has 1 saturated heterocycles. The van der Waals surface area contributed by atoms with Gasteiger partial charge in [-0.25, -0.2) is 9.78 Å². The Bertz CT molecular complexity index is 823. The van der Waals surface area contributed by atoms with Crippen LogP contribution >= 0.6 is 0 Å². The number of esters is 1. The van der Waals surface area contributed by atoms with Gasteiger partial charge in [-0.3, -0.25) is 4.90 Å². The van der Waals surface area contributed by atoms with Gasteiger partial charge >= 0.3 is 5.97 Å². The van der Waals surface area contributed by atoms with Gasteiger partial charge in [0.05, 0.1) is 0 Å². The summed E-state index contributed by atoms with van der Waals surface area (Å²) < 4.78 is 5.59. The van der Waals surface area contributed by atoms with Crippen LogP contribution in [0.2, 0.25) is 0 Å². The van der Waals surface area contributed by atoms with Crippen LogP contribution in [0, 0.1) is 0 Å². The summed E-state index contributed by atoms with van der Waals surface area (Å²) in [6.07, 6.45) is 2.92. The average Bonchev–Trinajstić information content (AvgIpc) is 2.62. The molecular weight excluding hydrogens is 332 g/mol. The molecule has 1 fully saturated rings. The summed E-state index contributed by atoms with van der Waals surface area (Å²) in [5.41, 5.74) is 12.2. The number of rotatable bonds is 4. The molecule has 0 amide bonds. The van der Waals surface area contributed by atoms with Crippen molar-refractivity contribution < 1.29 is 9.53 Å². The van der Waals surface area contributed by atoms with E-state index in [1.165, 1.54) is 0 Å². The van der Waals surface area contributed by atoms with E-state index >= 15 is 0 Å². The molecule has 0 spiro atoms. The molecule has 8 nitrogen and oxygen atoms in total. The summed E-state index contributed by atoms with van der Waals surface area (Å²) in [5.74, 6) is 0.588. The number of hydrogen-bond donors (Lipinski definition) is 2. The maximum absolute atomic E-state index is 12.5. The fourth-order valence-corrected chi connectivity index (χ4v) is 2.85. The molecule has 0 aliphatic carbocycles. The maximum Gasteiger partial charge on any atom is 0.328 e. The fourth-order valence-electron chi connectivity index (χ4n) is 2.85. The summed E-state index contributed by atoms with van der Waals surface area (Å²) in [4.78, 5) is 18.5. The first kappa shape index (κ1) is 17.8. The highest BCUT2D eigenvalue weighted by atomic mass is 16.5.